The fourth-order valence-corrected chi connectivity index (χ4v) is 9.49. The van der Waals surface area contributed by atoms with E-state index in [2.05, 4.69) is 59.9 Å². The van der Waals surface area contributed by atoms with Crippen molar-refractivity contribution in [1.82, 2.24) is 5.32 Å². The zero-order chi connectivity index (χ0) is 27.5. The van der Waals surface area contributed by atoms with E-state index in [4.69, 9.17) is 9.47 Å². The fraction of sp³-hybridized carbons (Fsp3) is 0.912. The second kappa shape index (κ2) is 12.6. The maximum atomic E-state index is 12.4. The average molecular weight is 530 g/mol. The van der Waals surface area contributed by atoms with E-state index in [1.165, 1.54) is 51.4 Å². The number of hydrogen-bond donors (Lipinski definition) is 1. The van der Waals surface area contributed by atoms with Crippen LogP contribution in [0.3, 0.4) is 0 Å². The van der Waals surface area contributed by atoms with Crippen molar-refractivity contribution in [2.75, 3.05) is 19.8 Å². The molecule has 0 unspecified atom stereocenters. The van der Waals surface area contributed by atoms with E-state index >= 15 is 0 Å². The first-order valence-electron chi connectivity index (χ1n) is 16.3. The van der Waals surface area contributed by atoms with Crippen molar-refractivity contribution in [3.05, 3.63) is 11.6 Å². The average Bonchev–Trinajstić information content (AvgIpc) is 3.21. The summed E-state index contributed by atoms with van der Waals surface area (Å²) in [7, 11) is 0. The third-order valence-corrected chi connectivity index (χ3v) is 11.5. The van der Waals surface area contributed by atoms with Gasteiger partial charge in [-0.25, -0.2) is 4.79 Å². The molecule has 0 aromatic carbocycles. The minimum Gasteiger partial charge on any atom is -0.446 e. The van der Waals surface area contributed by atoms with Crippen LogP contribution in [0.25, 0.3) is 0 Å². The first kappa shape index (κ1) is 29.9. The van der Waals surface area contributed by atoms with Crippen molar-refractivity contribution in [1.29, 1.82) is 0 Å². The quantitative estimate of drug-likeness (QED) is 0.215. The number of rotatable bonds is 11. The number of carbonyl (C=O) groups excluding carboxylic acids is 1. The number of nitrogens with one attached hydrogen (secondary N) is 1. The molecule has 0 aliphatic heterocycles. The summed E-state index contributed by atoms with van der Waals surface area (Å²) in [4.78, 5) is 12.4. The third-order valence-electron chi connectivity index (χ3n) is 11.5. The summed E-state index contributed by atoms with van der Waals surface area (Å²) in [6.45, 7) is 18.6. The number of hydrogen-bond acceptors (Lipinski definition) is 3. The van der Waals surface area contributed by atoms with Crippen LogP contribution in [0.15, 0.2) is 11.6 Å². The van der Waals surface area contributed by atoms with Crippen molar-refractivity contribution < 1.29 is 14.3 Å². The topological polar surface area (TPSA) is 47.6 Å². The molecule has 4 aliphatic rings. The summed E-state index contributed by atoms with van der Waals surface area (Å²) < 4.78 is 11.4. The van der Waals surface area contributed by atoms with Crippen LogP contribution in [0.1, 0.15) is 119 Å². The minimum atomic E-state index is -0.283. The molecule has 3 saturated carbocycles. The highest BCUT2D eigenvalue weighted by atomic mass is 16.6. The van der Waals surface area contributed by atoms with Crippen LogP contribution < -0.4 is 5.32 Å². The van der Waals surface area contributed by atoms with Crippen LogP contribution in [0.5, 0.6) is 0 Å². The second-order valence-electron chi connectivity index (χ2n) is 15.0. The maximum absolute atomic E-state index is 12.4. The molecule has 4 rings (SSSR count). The van der Waals surface area contributed by atoms with Gasteiger partial charge in [0.05, 0.1) is 6.61 Å². The lowest BCUT2D eigenvalue weighted by molar-refractivity contribution is -0.0581. The Bertz CT molecular complexity index is 821. The first-order chi connectivity index (χ1) is 18.0. The lowest BCUT2D eigenvalue weighted by Crippen LogP contribution is -2.51. The zero-order valence-corrected chi connectivity index (χ0v) is 25.8. The lowest BCUT2D eigenvalue weighted by Gasteiger charge is -2.58. The maximum Gasteiger partial charge on any atom is 0.407 e. The summed E-state index contributed by atoms with van der Waals surface area (Å²) in [5.41, 5.74) is 2.42. The van der Waals surface area contributed by atoms with Gasteiger partial charge in [-0.1, -0.05) is 79.4 Å². The normalized spacial score (nSPS) is 37.3. The Kier molecular flexibility index (Phi) is 9.97. The number of carbonyl (C=O) groups is 1. The van der Waals surface area contributed by atoms with Crippen LogP contribution >= 0.6 is 0 Å². The standard InChI is InChI=1S/C34H59NO3/c1-23(2)9-8-10-25(5)29-13-14-30-28-12-11-26-21-27(38-32(36)35-19-20-37-22-24(3)4)15-17-33(26,6)31(28)16-18-34(29,30)7/h11,23-25,27-31H,8-10,12-22H2,1-7H3,(H,35,36)/t25-,27+,28+,29-,30+,31+,33+,34-/m1/s1. The van der Waals surface area contributed by atoms with Gasteiger partial charge in [0.1, 0.15) is 6.10 Å². The summed E-state index contributed by atoms with van der Waals surface area (Å²) >= 11 is 0. The molecule has 4 aliphatic carbocycles. The van der Waals surface area contributed by atoms with E-state index in [0.29, 0.717) is 29.9 Å². The largest absolute Gasteiger partial charge is 0.446 e. The Morgan fingerprint density at radius 3 is 2.53 bits per heavy atom. The summed E-state index contributed by atoms with van der Waals surface area (Å²) in [6, 6.07) is 0. The SMILES string of the molecule is CC(C)CCC[C@@H](C)[C@H]1CC[C@H]2[C@@H]3CC=C4C[C@@H](OC(=O)NCCOCC(C)C)CC[C@]4(C)[C@H]3CC[C@]12C. The Morgan fingerprint density at radius 2 is 1.79 bits per heavy atom. The van der Waals surface area contributed by atoms with Gasteiger partial charge in [0.25, 0.3) is 0 Å². The van der Waals surface area contributed by atoms with E-state index in [1.54, 1.807) is 5.57 Å². The summed E-state index contributed by atoms with van der Waals surface area (Å²) in [6.07, 6.45) is 16.6. The van der Waals surface area contributed by atoms with E-state index in [1.807, 2.05) is 0 Å². The highest BCUT2D eigenvalue weighted by Gasteiger charge is 2.59. The van der Waals surface area contributed by atoms with Gasteiger partial charge in [-0.2, -0.15) is 0 Å². The Hall–Kier alpha value is -1.03. The molecule has 4 heteroatoms. The molecule has 8 atom stereocenters. The highest BCUT2D eigenvalue weighted by Crippen LogP contribution is 2.67. The molecule has 38 heavy (non-hydrogen) atoms. The molecule has 1 N–H and O–H groups in total. The van der Waals surface area contributed by atoms with Gasteiger partial charge in [0, 0.05) is 19.6 Å². The minimum absolute atomic E-state index is 0.0128. The monoisotopic (exact) mass is 529 g/mol. The molecule has 1 amide bonds. The van der Waals surface area contributed by atoms with Gasteiger partial charge in [0.2, 0.25) is 0 Å². The number of fused-ring (bicyclic) bond motifs is 5. The van der Waals surface area contributed by atoms with Gasteiger partial charge >= 0.3 is 6.09 Å². The van der Waals surface area contributed by atoms with Crippen LogP contribution in [0.4, 0.5) is 4.79 Å². The molecule has 0 aromatic rings. The van der Waals surface area contributed by atoms with E-state index in [0.717, 1.165) is 61.4 Å². The Balaban J connectivity index is 1.32. The fourth-order valence-electron chi connectivity index (χ4n) is 9.49. The Labute approximate surface area is 234 Å². The van der Waals surface area contributed by atoms with Crippen LogP contribution in [-0.2, 0) is 9.47 Å². The van der Waals surface area contributed by atoms with Crippen molar-refractivity contribution in [3.63, 3.8) is 0 Å². The van der Waals surface area contributed by atoms with Gasteiger partial charge in [-0.3, -0.25) is 0 Å². The molecule has 0 radical (unpaired) electrons. The molecular formula is C34H59NO3. The van der Waals surface area contributed by atoms with Crippen molar-refractivity contribution in [2.24, 2.45) is 52.3 Å². The number of ether oxygens (including phenoxy) is 2. The summed E-state index contributed by atoms with van der Waals surface area (Å²) in [5, 5.41) is 2.89. The van der Waals surface area contributed by atoms with E-state index < -0.39 is 0 Å². The molecule has 3 fully saturated rings. The van der Waals surface area contributed by atoms with E-state index in [9.17, 15) is 4.79 Å². The highest BCUT2D eigenvalue weighted by molar-refractivity contribution is 5.67. The third kappa shape index (κ3) is 6.47. The number of amides is 1. The molecule has 0 bridgehead atoms. The molecule has 4 nitrogen and oxygen atoms in total. The smallest absolute Gasteiger partial charge is 0.407 e. The summed E-state index contributed by atoms with van der Waals surface area (Å²) in [5.74, 6) is 5.68. The second-order valence-corrected chi connectivity index (χ2v) is 15.0. The number of alkyl carbamates (subject to hydrolysis) is 1. The molecule has 0 heterocycles. The van der Waals surface area contributed by atoms with E-state index in [-0.39, 0.29) is 12.2 Å². The first-order valence-corrected chi connectivity index (χ1v) is 16.3. The molecule has 0 spiro atoms. The van der Waals surface area contributed by atoms with Crippen molar-refractivity contribution in [3.8, 4) is 0 Å². The van der Waals surface area contributed by atoms with Gasteiger partial charge in [-0.15, -0.1) is 0 Å². The molecule has 0 aromatic heterocycles. The predicted molar refractivity (Wildman–Crippen MR) is 157 cm³/mol. The van der Waals surface area contributed by atoms with Crippen LogP contribution in [0.2, 0.25) is 0 Å². The van der Waals surface area contributed by atoms with Gasteiger partial charge in [-0.05, 0) is 97.2 Å². The van der Waals surface area contributed by atoms with Crippen LogP contribution in [0, 0.1) is 52.3 Å². The number of allylic oxidation sites excluding steroid dienone is 1. The van der Waals surface area contributed by atoms with Crippen molar-refractivity contribution >= 4 is 6.09 Å². The molecule has 218 valence electrons. The van der Waals surface area contributed by atoms with Crippen molar-refractivity contribution in [2.45, 2.75) is 125 Å². The molecular weight excluding hydrogens is 470 g/mol. The zero-order valence-electron chi connectivity index (χ0n) is 25.8. The van der Waals surface area contributed by atoms with Crippen LogP contribution in [-0.4, -0.2) is 32.0 Å². The van der Waals surface area contributed by atoms with Gasteiger partial charge in [0.15, 0.2) is 0 Å². The van der Waals surface area contributed by atoms with Gasteiger partial charge < -0.3 is 14.8 Å². The predicted octanol–water partition coefficient (Wildman–Crippen LogP) is 8.80. The molecule has 0 saturated heterocycles. The lowest BCUT2D eigenvalue weighted by atomic mass is 9.47. The Morgan fingerprint density at radius 1 is 1.00 bits per heavy atom.